The van der Waals surface area contributed by atoms with Gasteiger partial charge in [-0.25, -0.2) is 0 Å². The minimum atomic E-state index is -0.367. The highest BCUT2D eigenvalue weighted by atomic mass is 16.5. The summed E-state index contributed by atoms with van der Waals surface area (Å²) in [4.78, 5) is 26.9. The Morgan fingerprint density at radius 1 is 1.12 bits per heavy atom. The molecule has 0 aromatic heterocycles. The minimum absolute atomic E-state index is 0.163. The molecule has 0 aliphatic carbocycles. The molecule has 1 aliphatic rings. The third-order valence-corrected chi connectivity index (χ3v) is 4.16. The zero-order valence-corrected chi connectivity index (χ0v) is 14.8. The van der Waals surface area contributed by atoms with Crippen LogP contribution >= 0.6 is 0 Å². The Kier molecular flexibility index (Phi) is 4.89. The quantitative estimate of drug-likeness (QED) is 0.642. The number of ether oxygens (including phenoxy) is 1. The van der Waals surface area contributed by atoms with Gasteiger partial charge in [0.25, 0.3) is 11.8 Å². The molecule has 0 saturated carbocycles. The summed E-state index contributed by atoms with van der Waals surface area (Å²) < 4.78 is 5.22. The largest absolute Gasteiger partial charge is 0.497 e. The molecule has 0 spiro atoms. The summed E-state index contributed by atoms with van der Waals surface area (Å²) in [5.74, 6) is -0.0374. The highest BCUT2D eigenvalue weighted by molar-refractivity contribution is 6.36. The lowest BCUT2D eigenvalue weighted by Gasteiger charge is -2.12. The number of methoxy groups -OCH3 is 1. The number of anilines is 1. The summed E-state index contributed by atoms with van der Waals surface area (Å²) in [7, 11) is 1.58. The topological polar surface area (TPSA) is 58.6 Å². The van der Waals surface area contributed by atoms with Gasteiger partial charge in [-0.15, -0.1) is 6.58 Å². The predicted molar refractivity (Wildman–Crippen MR) is 102 cm³/mol. The Morgan fingerprint density at radius 2 is 1.85 bits per heavy atom. The number of hydrogen-bond acceptors (Lipinski definition) is 4. The molecule has 0 saturated heterocycles. The number of rotatable bonds is 6. The molecular formula is C21H20N2O3. The standard InChI is InChI=1S/C21H20N2O3/c1-4-12-23-20(24)18(15-10-8-14(2)9-11-15)19(21(23)25)22-16-6-5-7-17(13-16)26-3/h4-11,13,22H,1,12H2,2-3H3. The summed E-state index contributed by atoms with van der Waals surface area (Å²) in [5, 5.41) is 3.10. The van der Waals surface area contributed by atoms with Gasteiger partial charge in [0.1, 0.15) is 11.4 Å². The number of carbonyl (C=O) groups is 2. The lowest BCUT2D eigenvalue weighted by Crippen LogP contribution is -2.32. The number of nitrogens with zero attached hydrogens (tertiary/aromatic N) is 1. The van der Waals surface area contributed by atoms with E-state index in [-0.39, 0.29) is 24.1 Å². The first kappa shape index (κ1) is 17.5. The van der Waals surface area contributed by atoms with Crippen molar-refractivity contribution in [3.8, 4) is 5.75 Å². The van der Waals surface area contributed by atoms with Crippen molar-refractivity contribution in [1.82, 2.24) is 4.90 Å². The van der Waals surface area contributed by atoms with Crippen molar-refractivity contribution in [3.05, 3.63) is 78.0 Å². The third-order valence-electron chi connectivity index (χ3n) is 4.16. The molecule has 0 bridgehead atoms. The smallest absolute Gasteiger partial charge is 0.278 e. The number of nitrogens with one attached hydrogen (secondary N) is 1. The van der Waals surface area contributed by atoms with E-state index < -0.39 is 0 Å². The van der Waals surface area contributed by atoms with E-state index in [1.54, 1.807) is 13.2 Å². The molecule has 26 heavy (non-hydrogen) atoms. The fraction of sp³-hybridized carbons (Fsp3) is 0.143. The predicted octanol–water partition coefficient (Wildman–Crippen LogP) is 3.38. The number of carbonyl (C=O) groups excluding carboxylic acids is 2. The van der Waals surface area contributed by atoms with Crippen molar-refractivity contribution in [2.45, 2.75) is 6.92 Å². The van der Waals surface area contributed by atoms with Crippen LogP contribution in [0.1, 0.15) is 11.1 Å². The van der Waals surface area contributed by atoms with E-state index in [2.05, 4.69) is 11.9 Å². The van der Waals surface area contributed by atoms with E-state index in [0.29, 0.717) is 22.6 Å². The second-order valence-electron chi connectivity index (χ2n) is 5.98. The Balaban J connectivity index is 2.07. The van der Waals surface area contributed by atoms with Crippen LogP contribution in [0.4, 0.5) is 5.69 Å². The maximum Gasteiger partial charge on any atom is 0.278 e. The number of imide groups is 1. The first-order chi connectivity index (χ1) is 12.5. The zero-order chi connectivity index (χ0) is 18.7. The number of amides is 2. The monoisotopic (exact) mass is 348 g/mol. The second-order valence-corrected chi connectivity index (χ2v) is 5.98. The molecule has 2 aromatic rings. The molecule has 0 fully saturated rings. The fourth-order valence-electron chi connectivity index (χ4n) is 2.82. The normalized spacial score (nSPS) is 14.0. The molecule has 0 radical (unpaired) electrons. The van der Waals surface area contributed by atoms with Crippen molar-refractivity contribution in [1.29, 1.82) is 0 Å². The molecule has 1 N–H and O–H groups in total. The average Bonchev–Trinajstić information content (AvgIpc) is 2.87. The van der Waals surface area contributed by atoms with Crippen LogP contribution in [0, 0.1) is 6.92 Å². The van der Waals surface area contributed by atoms with Gasteiger partial charge < -0.3 is 10.1 Å². The van der Waals surface area contributed by atoms with E-state index in [1.165, 1.54) is 11.0 Å². The highest BCUT2D eigenvalue weighted by Gasteiger charge is 2.38. The number of aryl methyl sites for hydroxylation is 1. The van der Waals surface area contributed by atoms with Crippen molar-refractivity contribution in [3.63, 3.8) is 0 Å². The average molecular weight is 348 g/mol. The first-order valence-electron chi connectivity index (χ1n) is 8.24. The van der Waals surface area contributed by atoms with Gasteiger partial charge in [0, 0.05) is 18.3 Å². The fourth-order valence-corrected chi connectivity index (χ4v) is 2.82. The summed E-state index contributed by atoms with van der Waals surface area (Å²) in [6, 6.07) is 14.7. The molecule has 2 aromatic carbocycles. The maximum atomic E-state index is 12.8. The zero-order valence-electron chi connectivity index (χ0n) is 14.8. The first-order valence-corrected chi connectivity index (χ1v) is 8.24. The van der Waals surface area contributed by atoms with Crippen molar-refractivity contribution in [2.75, 3.05) is 19.0 Å². The lowest BCUT2D eigenvalue weighted by atomic mass is 10.0. The van der Waals surface area contributed by atoms with Gasteiger partial charge in [0.2, 0.25) is 0 Å². The number of hydrogen-bond donors (Lipinski definition) is 1. The van der Waals surface area contributed by atoms with Gasteiger partial charge in [0.15, 0.2) is 0 Å². The molecule has 1 heterocycles. The summed E-state index contributed by atoms with van der Waals surface area (Å²) in [6.45, 7) is 5.77. The second kappa shape index (κ2) is 7.27. The molecule has 5 nitrogen and oxygen atoms in total. The Bertz CT molecular complexity index is 898. The van der Waals surface area contributed by atoms with Gasteiger partial charge in [-0.2, -0.15) is 0 Å². The Hall–Kier alpha value is -3.34. The van der Waals surface area contributed by atoms with Crippen LogP contribution in [0.5, 0.6) is 5.75 Å². The van der Waals surface area contributed by atoms with Gasteiger partial charge >= 0.3 is 0 Å². The Morgan fingerprint density at radius 3 is 2.50 bits per heavy atom. The molecule has 3 rings (SSSR count). The van der Waals surface area contributed by atoms with Crippen molar-refractivity contribution < 1.29 is 14.3 Å². The van der Waals surface area contributed by atoms with Gasteiger partial charge in [-0.05, 0) is 24.6 Å². The van der Waals surface area contributed by atoms with Crippen LogP contribution < -0.4 is 10.1 Å². The summed E-state index contributed by atoms with van der Waals surface area (Å²) in [5.41, 5.74) is 3.07. The van der Waals surface area contributed by atoms with Crippen molar-refractivity contribution in [2.24, 2.45) is 0 Å². The summed E-state index contributed by atoms with van der Waals surface area (Å²) in [6.07, 6.45) is 1.54. The number of benzene rings is 2. The molecule has 5 heteroatoms. The summed E-state index contributed by atoms with van der Waals surface area (Å²) >= 11 is 0. The van der Waals surface area contributed by atoms with Crippen LogP contribution in [-0.4, -0.2) is 30.4 Å². The van der Waals surface area contributed by atoms with Crippen LogP contribution in [0.25, 0.3) is 5.57 Å². The Labute approximate surface area is 152 Å². The minimum Gasteiger partial charge on any atom is -0.497 e. The van der Waals surface area contributed by atoms with Crippen LogP contribution in [0.3, 0.4) is 0 Å². The van der Waals surface area contributed by atoms with Crippen molar-refractivity contribution >= 4 is 23.1 Å². The highest BCUT2D eigenvalue weighted by Crippen LogP contribution is 2.31. The van der Waals surface area contributed by atoms with Crippen LogP contribution in [-0.2, 0) is 9.59 Å². The molecule has 132 valence electrons. The van der Waals surface area contributed by atoms with E-state index >= 15 is 0 Å². The van der Waals surface area contributed by atoms with Gasteiger partial charge in [-0.3, -0.25) is 14.5 Å². The SMILES string of the molecule is C=CCN1C(=O)C(Nc2cccc(OC)c2)=C(c2ccc(C)cc2)C1=O. The van der Waals surface area contributed by atoms with E-state index in [9.17, 15) is 9.59 Å². The van der Waals surface area contributed by atoms with Gasteiger partial charge in [-0.1, -0.05) is 42.0 Å². The van der Waals surface area contributed by atoms with E-state index in [1.807, 2.05) is 49.4 Å². The lowest BCUT2D eigenvalue weighted by molar-refractivity contribution is -0.136. The molecule has 2 amide bonds. The van der Waals surface area contributed by atoms with Crippen LogP contribution in [0.2, 0.25) is 0 Å². The molecule has 1 aliphatic heterocycles. The van der Waals surface area contributed by atoms with E-state index in [0.717, 1.165) is 5.56 Å². The van der Waals surface area contributed by atoms with Gasteiger partial charge in [0.05, 0.1) is 12.7 Å². The van der Waals surface area contributed by atoms with Crippen LogP contribution in [0.15, 0.2) is 66.9 Å². The molecule has 0 unspecified atom stereocenters. The third kappa shape index (κ3) is 3.24. The maximum absolute atomic E-state index is 12.8. The molecule has 0 atom stereocenters. The van der Waals surface area contributed by atoms with E-state index in [4.69, 9.17) is 4.74 Å². The molecular weight excluding hydrogens is 328 g/mol.